The second-order valence-corrected chi connectivity index (χ2v) is 7.07. The van der Waals surface area contributed by atoms with Gasteiger partial charge >= 0.3 is 0 Å². The van der Waals surface area contributed by atoms with Crippen LogP contribution >= 0.6 is 0 Å². The van der Waals surface area contributed by atoms with Crippen molar-refractivity contribution in [2.24, 2.45) is 23.2 Å². The SMILES string of the molecule is N#CCCCCNC(=O)C12CC3CC(CC(C3)C1)C2. The highest BCUT2D eigenvalue weighted by molar-refractivity contribution is 5.83. The van der Waals surface area contributed by atoms with Crippen LogP contribution in [0, 0.1) is 34.5 Å². The highest BCUT2D eigenvalue weighted by Crippen LogP contribution is 2.60. The molecule has 0 saturated heterocycles. The van der Waals surface area contributed by atoms with Crippen molar-refractivity contribution in [3.05, 3.63) is 0 Å². The Kier molecular flexibility index (Phi) is 3.52. The van der Waals surface area contributed by atoms with Gasteiger partial charge < -0.3 is 5.32 Å². The normalized spacial score (nSPS) is 39.0. The van der Waals surface area contributed by atoms with E-state index in [1.165, 1.54) is 19.3 Å². The van der Waals surface area contributed by atoms with Crippen molar-refractivity contribution >= 4 is 5.91 Å². The summed E-state index contributed by atoms with van der Waals surface area (Å²) in [5.41, 5.74) is -0.00994. The Bertz CT molecular complexity index is 361. The Labute approximate surface area is 115 Å². The van der Waals surface area contributed by atoms with Crippen LogP contribution in [0.5, 0.6) is 0 Å². The summed E-state index contributed by atoms with van der Waals surface area (Å²) in [5.74, 6) is 2.81. The molecule has 0 heterocycles. The summed E-state index contributed by atoms with van der Waals surface area (Å²) in [7, 11) is 0. The molecule has 3 heteroatoms. The van der Waals surface area contributed by atoms with Crippen molar-refractivity contribution in [1.82, 2.24) is 5.32 Å². The Morgan fingerprint density at radius 1 is 1.11 bits per heavy atom. The molecule has 4 fully saturated rings. The van der Waals surface area contributed by atoms with Gasteiger partial charge in [0.05, 0.1) is 6.07 Å². The summed E-state index contributed by atoms with van der Waals surface area (Å²) in [4.78, 5) is 12.6. The van der Waals surface area contributed by atoms with Gasteiger partial charge in [0, 0.05) is 18.4 Å². The van der Waals surface area contributed by atoms with Gasteiger partial charge in [0.2, 0.25) is 5.91 Å². The van der Waals surface area contributed by atoms with Crippen LogP contribution in [0.2, 0.25) is 0 Å². The minimum absolute atomic E-state index is 0.00994. The van der Waals surface area contributed by atoms with E-state index in [4.69, 9.17) is 5.26 Å². The van der Waals surface area contributed by atoms with Crippen molar-refractivity contribution in [3.63, 3.8) is 0 Å². The van der Waals surface area contributed by atoms with Crippen molar-refractivity contribution < 1.29 is 4.79 Å². The molecule has 0 unspecified atom stereocenters. The maximum atomic E-state index is 12.6. The van der Waals surface area contributed by atoms with E-state index < -0.39 is 0 Å². The molecule has 0 aromatic rings. The second kappa shape index (κ2) is 5.15. The molecule has 0 atom stereocenters. The molecule has 0 aromatic carbocycles. The maximum Gasteiger partial charge on any atom is 0.226 e. The third kappa shape index (κ3) is 2.50. The number of hydrogen-bond donors (Lipinski definition) is 1. The summed E-state index contributed by atoms with van der Waals surface area (Å²) in [5, 5.41) is 11.6. The number of carbonyl (C=O) groups is 1. The van der Waals surface area contributed by atoms with E-state index in [2.05, 4.69) is 11.4 Å². The number of carbonyl (C=O) groups excluding carboxylic acids is 1. The Morgan fingerprint density at radius 2 is 1.68 bits per heavy atom. The van der Waals surface area contributed by atoms with Crippen LogP contribution in [0.3, 0.4) is 0 Å². The van der Waals surface area contributed by atoms with Gasteiger partial charge in [-0.1, -0.05) is 0 Å². The Balaban J connectivity index is 1.53. The minimum atomic E-state index is -0.00994. The molecule has 104 valence electrons. The predicted molar refractivity (Wildman–Crippen MR) is 73.1 cm³/mol. The van der Waals surface area contributed by atoms with Crippen LogP contribution in [-0.4, -0.2) is 12.5 Å². The third-order valence-corrected chi connectivity index (χ3v) is 5.52. The number of nitriles is 1. The topological polar surface area (TPSA) is 52.9 Å². The highest BCUT2D eigenvalue weighted by atomic mass is 16.2. The molecule has 19 heavy (non-hydrogen) atoms. The molecule has 0 aliphatic heterocycles. The second-order valence-electron chi connectivity index (χ2n) is 7.07. The average Bonchev–Trinajstić information content (AvgIpc) is 2.36. The average molecular weight is 260 g/mol. The van der Waals surface area contributed by atoms with Crippen LogP contribution in [0.15, 0.2) is 0 Å². The molecule has 4 aliphatic rings. The Hall–Kier alpha value is -1.04. The fourth-order valence-electron chi connectivity index (χ4n) is 5.11. The molecular weight excluding hydrogens is 236 g/mol. The quantitative estimate of drug-likeness (QED) is 0.772. The molecule has 0 radical (unpaired) electrons. The van der Waals surface area contributed by atoms with Gasteiger partial charge in [-0.3, -0.25) is 4.79 Å². The molecule has 4 saturated carbocycles. The van der Waals surface area contributed by atoms with E-state index in [-0.39, 0.29) is 5.41 Å². The predicted octanol–water partition coefficient (Wildman–Crippen LogP) is 3.01. The van der Waals surface area contributed by atoms with Gasteiger partial charge in [-0.15, -0.1) is 0 Å². The van der Waals surface area contributed by atoms with Crippen molar-refractivity contribution in [3.8, 4) is 6.07 Å². The standard InChI is InChI=1S/C16H24N2O/c17-4-2-1-3-5-18-15(19)16-9-12-6-13(10-16)8-14(7-12)11-16/h12-14H,1-3,5-11H2,(H,18,19). The van der Waals surface area contributed by atoms with Gasteiger partial charge in [0.25, 0.3) is 0 Å². The van der Waals surface area contributed by atoms with Gasteiger partial charge in [-0.2, -0.15) is 5.26 Å². The molecule has 1 N–H and O–H groups in total. The summed E-state index contributed by atoms with van der Waals surface area (Å²) < 4.78 is 0. The molecule has 3 nitrogen and oxygen atoms in total. The van der Waals surface area contributed by atoms with E-state index in [1.807, 2.05) is 0 Å². The molecule has 0 aromatic heterocycles. The molecule has 4 aliphatic carbocycles. The number of rotatable bonds is 5. The lowest BCUT2D eigenvalue weighted by molar-refractivity contribution is -0.146. The van der Waals surface area contributed by atoms with E-state index in [0.717, 1.165) is 56.4 Å². The Morgan fingerprint density at radius 3 is 2.21 bits per heavy atom. The minimum Gasteiger partial charge on any atom is -0.356 e. The van der Waals surface area contributed by atoms with Crippen molar-refractivity contribution in [1.29, 1.82) is 5.26 Å². The van der Waals surface area contributed by atoms with Crippen LogP contribution < -0.4 is 5.32 Å². The zero-order valence-electron chi connectivity index (χ0n) is 11.7. The maximum absolute atomic E-state index is 12.6. The first-order chi connectivity index (χ1) is 9.22. The van der Waals surface area contributed by atoms with Crippen LogP contribution in [0.1, 0.15) is 57.8 Å². The van der Waals surface area contributed by atoms with E-state index in [0.29, 0.717) is 12.3 Å². The van der Waals surface area contributed by atoms with Crippen LogP contribution in [-0.2, 0) is 4.79 Å². The summed E-state index contributed by atoms with van der Waals surface area (Å²) in [6.45, 7) is 0.752. The lowest BCUT2D eigenvalue weighted by atomic mass is 9.49. The zero-order chi connectivity index (χ0) is 13.3. The molecular formula is C16H24N2O. The zero-order valence-corrected chi connectivity index (χ0v) is 11.7. The number of amides is 1. The molecule has 4 bridgehead atoms. The number of nitrogens with zero attached hydrogens (tertiary/aromatic N) is 1. The fraction of sp³-hybridized carbons (Fsp3) is 0.875. The summed E-state index contributed by atoms with van der Waals surface area (Å²) in [6.07, 6.45) is 10.0. The third-order valence-electron chi connectivity index (χ3n) is 5.52. The monoisotopic (exact) mass is 260 g/mol. The van der Waals surface area contributed by atoms with E-state index in [1.54, 1.807) is 0 Å². The van der Waals surface area contributed by atoms with Crippen molar-refractivity contribution in [2.45, 2.75) is 57.8 Å². The highest BCUT2D eigenvalue weighted by Gasteiger charge is 2.54. The largest absolute Gasteiger partial charge is 0.356 e. The van der Waals surface area contributed by atoms with Crippen molar-refractivity contribution in [2.75, 3.05) is 6.54 Å². The van der Waals surface area contributed by atoms with Gasteiger partial charge in [-0.05, 0) is 69.1 Å². The molecule has 1 amide bonds. The van der Waals surface area contributed by atoms with Crippen LogP contribution in [0.4, 0.5) is 0 Å². The lowest BCUT2D eigenvalue weighted by Gasteiger charge is -2.55. The van der Waals surface area contributed by atoms with E-state index in [9.17, 15) is 4.79 Å². The fourth-order valence-corrected chi connectivity index (χ4v) is 5.11. The smallest absolute Gasteiger partial charge is 0.226 e. The first-order valence-corrected chi connectivity index (χ1v) is 7.87. The van der Waals surface area contributed by atoms with Gasteiger partial charge in [0.1, 0.15) is 0 Å². The molecule has 4 rings (SSSR count). The number of unbranched alkanes of at least 4 members (excludes halogenated alkanes) is 2. The molecule has 0 spiro atoms. The van der Waals surface area contributed by atoms with Gasteiger partial charge in [0.15, 0.2) is 0 Å². The van der Waals surface area contributed by atoms with Crippen LogP contribution in [0.25, 0.3) is 0 Å². The number of nitrogens with one attached hydrogen (secondary N) is 1. The first-order valence-electron chi connectivity index (χ1n) is 7.87. The van der Waals surface area contributed by atoms with Gasteiger partial charge in [-0.25, -0.2) is 0 Å². The summed E-state index contributed by atoms with van der Waals surface area (Å²) in [6, 6.07) is 2.15. The lowest BCUT2D eigenvalue weighted by Crippen LogP contribution is -2.53. The van der Waals surface area contributed by atoms with E-state index >= 15 is 0 Å². The summed E-state index contributed by atoms with van der Waals surface area (Å²) >= 11 is 0. The number of hydrogen-bond acceptors (Lipinski definition) is 2. The first kappa shape index (κ1) is 13.0.